The Balaban J connectivity index is 1.76. The molecule has 0 unspecified atom stereocenters. The Morgan fingerprint density at radius 1 is 1.00 bits per heavy atom. The molecule has 26 heavy (non-hydrogen) atoms. The number of rotatable bonds is 7. The van der Waals surface area contributed by atoms with Crippen LogP contribution in [0.4, 0.5) is 17.5 Å². The molecule has 0 fully saturated rings. The predicted molar refractivity (Wildman–Crippen MR) is 101 cm³/mol. The van der Waals surface area contributed by atoms with E-state index in [9.17, 15) is 0 Å². The molecule has 2 N–H and O–H groups in total. The minimum Gasteiger partial charge on any atom is -0.495 e. The first-order valence-electron chi connectivity index (χ1n) is 7.84. The van der Waals surface area contributed by atoms with Crippen molar-refractivity contribution in [1.29, 1.82) is 0 Å². The molecule has 0 amide bonds. The average Bonchev–Trinajstić information content (AvgIpc) is 2.68. The van der Waals surface area contributed by atoms with Crippen molar-refractivity contribution >= 4 is 29.1 Å². The molecule has 8 heteroatoms. The predicted octanol–water partition coefficient (Wildman–Crippen LogP) is 3.90. The van der Waals surface area contributed by atoms with Crippen LogP contribution in [0.5, 0.6) is 11.5 Å². The van der Waals surface area contributed by atoms with Crippen LogP contribution in [-0.4, -0.2) is 29.2 Å². The van der Waals surface area contributed by atoms with Crippen molar-refractivity contribution in [2.45, 2.75) is 6.54 Å². The zero-order valence-electron chi connectivity index (χ0n) is 14.4. The first-order valence-corrected chi connectivity index (χ1v) is 8.21. The standard InChI is InChI=1S/C18H18ClN5O2/c1-25-15-10-14(16(26-2)9-13(15)19)23-18-21-8-5-17(24-18)22-11-12-3-6-20-7-4-12/h3-10H,11H2,1-2H3,(H2,21,22,23,24). The topological polar surface area (TPSA) is 81.2 Å². The van der Waals surface area contributed by atoms with Gasteiger partial charge in [0.2, 0.25) is 5.95 Å². The van der Waals surface area contributed by atoms with Crippen molar-refractivity contribution in [3.63, 3.8) is 0 Å². The summed E-state index contributed by atoms with van der Waals surface area (Å²) in [4.78, 5) is 12.7. The van der Waals surface area contributed by atoms with E-state index in [0.29, 0.717) is 40.5 Å². The van der Waals surface area contributed by atoms with Crippen molar-refractivity contribution in [2.75, 3.05) is 24.9 Å². The van der Waals surface area contributed by atoms with Gasteiger partial charge in [-0.05, 0) is 23.8 Å². The van der Waals surface area contributed by atoms with E-state index in [0.717, 1.165) is 5.56 Å². The van der Waals surface area contributed by atoms with E-state index >= 15 is 0 Å². The second-order valence-corrected chi connectivity index (χ2v) is 5.69. The zero-order valence-corrected chi connectivity index (χ0v) is 15.1. The maximum absolute atomic E-state index is 6.13. The van der Waals surface area contributed by atoms with Gasteiger partial charge in [-0.25, -0.2) is 4.98 Å². The largest absolute Gasteiger partial charge is 0.495 e. The summed E-state index contributed by atoms with van der Waals surface area (Å²) in [5.41, 5.74) is 1.76. The Labute approximate surface area is 156 Å². The summed E-state index contributed by atoms with van der Waals surface area (Å²) in [7, 11) is 3.12. The van der Waals surface area contributed by atoms with E-state index in [1.807, 2.05) is 12.1 Å². The van der Waals surface area contributed by atoms with E-state index in [4.69, 9.17) is 21.1 Å². The molecule has 1 aromatic carbocycles. The molecule has 0 aliphatic carbocycles. The third-order valence-electron chi connectivity index (χ3n) is 3.60. The average molecular weight is 372 g/mol. The molecule has 0 bridgehead atoms. The first kappa shape index (κ1) is 17.8. The number of halogens is 1. The van der Waals surface area contributed by atoms with E-state index in [-0.39, 0.29) is 0 Å². The van der Waals surface area contributed by atoms with Crippen LogP contribution in [0.1, 0.15) is 5.56 Å². The monoisotopic (exact) mass is 371 g/mol. The smallest absolute Gasteiger partial charge is 0.229 e. The number of methoxy groups -OCH3 is 2. The molecule has 0 aliphatic rings. The Kier molecular flexibility index (Phi) is 5.70. The van der Waals surface area contributed by atoms with Gasteiger partial charge >= 0.3 is 0 Å². The van der Waals surface area contributed by atoms with Crippen LogP contribution < -0.4 is 20.1 Å². The van der Waals surface area contributed by atoms with Crippen LogP contribution in [0, 0.1) is 0 Å². The third-order valence-corrected chi connectivity index (χ3v) is 3.89. The molecule has 0 saturated carbocycles. The lowest BCUT2D eigenvalue weighted by Crippen LogP contribution is -2.05. The van der Waals surface area contributed by atoms with Crippen LogP contribution in [0.25, 0.3) is 0 Å². The molecular formula is C18H18ClN5O2. The molecule has 7 nitrogen and oxygen atoms in total. The zero-order chi connectivity index (χ0) is 18.4. The molecule has 134 valence electrons. The lowest BCUT2D eigenvalue weighted by Gasteiger charge is -2.13. The minimum atomic E-state index is 0.424. The van der Waals surface area contributed by atoms with Gasteiger partial charge in [0.15, 0.2) is 0 Å². The van der Waals surface area contributed by atoms with Crippen LogP contribution >= 0.6 is 11.6 Å². The maximum atomic E-state index is 6.13. The summed E-state index contributed by atoms with van der Waals surface area (Å²) in [5, 5.41) is 6.84. The summed E-state index contributed by atoms with van der Waals surface area (Å²) in [6, 6.07) is 9.10. The number of nitrogens with one attached hydrogen (secondary N) is 2. The fourth-order valence-corrected chi connectivity index (χ4v) is 2.52. The van der Waals surface area contributed by atoms with Crippen molar-refractivity contribution in [3.05, 3.63) is 59.5 Å². The van der Waals surface area contributed by atoms with Crippen LogP contribution in [0.2, 0.25) is 5.02 Å². The Bertz CT molecular complexity index is 877. The number of anilines is 3. The SMILES string of the molecule is COc1cc(Nc2nccc(NCc3ccncc3)n2)c(OC)cc1Cl. The molecule has 0 aliphatic heterocycles. The summed E-state index contributed by atoms with van der Waals surface area (Å²) in [6.07, 6.45) is 5.18. The molecule has 0 atom stereocenters. The minimum absolute atomic E-state index is 0.424. The highest BCUT2D eigenvalue weighted by Gasteiger charge is 2.11. The lowest BCUT2D eigenvalue weighted by molar-refractivity contribution is 0.405. The highest BCUT2D eigenvalue weighted by Crippen LogP contribution is 2.36. The Morgan fingerprint density at radius 2 is 1.77 bits per heavy atom. The number of hydrogen-bond acceptors (Lipinski definition) is 7. The second-order valence-electron chi connectivity index (χ2n) is 5.29. The number of aromatic nitrogens is 3. The Hall–Kier alpha value is -3.06. The fourth-order valence-electron chi connectivity index (χ4n) is 2.29. The summed E-state index contributed by atoms with van der Waals surface area (Å²) in [5.74, 6) is 2.21. The normalized spacial score (nSPS) is 10.3. The Morgan fingerprint density at radius 3 is 2.50 bits per heavy atom. The van der Waals surface area contributed by atoms with Crippen LogP contribution in [0.3, 0.4) is 0 Å². The van der Waals surface area contributed by atoms with Gasteiger partial charge in [-0.2, -0.15) is 4.98 Å². The molecule has 2 heterocycles. The molecule has 0 saturated heterocycles. The first-order chi connectivity index (χ1) is 12.7. The fraction of sp³-hybridized carbons (Fsp3) is 0.167. The van der Waals surface area contributed by atoms with Gasteiger partial charge in [-0.15, -0.1) is 0 Å². The lowest BCUT2D eigenvalue weighted by atomic mass is 10.2. The van der Waals surface area contributed by atoms with Crippen molar-refractivity contribution in [3.8, 4) is 11.5 Å². The third kappa shape index (κ3) is 4.31. The van der Waals surface area contributed by atoms with Gasteiger partial charge in [-0.1, -0.05) is 11.6 Å². The van der Waals surface area contributed by atoms with E-state index in [1.54, 1.807) is 51.0 Å². The summed E-state index contributed by atoms with van der Waals surface area (Å²) < 4.78 is 10.6. The van der Waals surface area contributed by atoms with Gasteiger partial charge in [0, 0.05) is 37.3 Å². The van der Waals surface area contributed by atoms with Gasteiger partial charge in [-0.3, -0.25) is 4.98 Å². The van der Waals surface area contributed by atoms with Crippen molar-refractivity contribution < 1.29 is 9.47 Å². The van der Waals surface area contributed by atoms with Crippen molar-refractivity contribution in [2.24, 2.45) is 0 Å². The second kappa shape index (κ2) is 8.35. The number of benzene rings is 1. The maximum Gasteiger partial charge on any atom is 0.229 e. The summed E-state index contributed by atoms with van der Waals surface area (Å²) >= 11 is 6.13. The molecule has 0 radical (unpaired) electrons. The van der Waals surface area contributed by atoms with Crippen molar-refractivity contribution in [1.82, 2.24) is 15.0 Å². The molecular weight excluding hydrogens is 354 g/mol. The van der Waals surface area contributed by atoms with Crippen LogP contribution in [-0.2, 0) is 6.54 Å². The van der Waals surface area contributed by atoms with E-state index in [2.05, 4.69) is 25.6 Å². The molecule has 2 aromatic heterocycles. The molecule has 0 spiro atoms. The number of ether oxygens (including phenoxy) is 2. The van der Waals surface area contributed by atoms with Gasteiger partial charge in [0.25, 0.3) is 0 Å². The van der Waals surface area contributed by atoms with Crippen LogP contribution in [0.15, 0.2) is 48.9 Å². The number of nitrogens with zero attached hydrogens (tertiary/aromatic N) is 3. The number of hydrogen-bond donors (Lipinski definition) is 2. The quantitative estimate of drug-likeness (QED) is 0.651. The van der Waals surface area contributed by atoms with E-state index < -0.39 is 0 Å². The van der Waals surface area contributed by atoms with Gasteiger partial charge < -0.3 is 20.1 Å². The molecule has 3 aromatic rings. The highest BCUT2D eigenvalue weighted by atomic mass is 35.5. The van der Waals surface area contributed by atoms with Gasteiger partial charge in [0.05, 0.1) is 24.9 Å². The number of pyridine rings is 1. The van der Waals surface area contributed by atoms with Gasteiger partial charge in [0.1, 0.15) is 17.3 Å². The summed E-state index contributed by atoms with van der Waals surface area (Å²) in [6.45, 7) is 0.636. The van der Waals surface area contributed by atoms with E-state index in [1.165, 1.54) is 0 Å². The molecule has 3 rings (SSSR count). The highest BCUT2D eigenvalue weighted by molar-refractivity contribution is 6.32.